The van der Waals surface area contributed by atoms with Crippen LogP contribution < -0.4 is 5.32 Å². The quantitative estimate of drug-likeness (QED) is 0.921. The second kappa shape index (κ2) is 6.77. The minimum absolute atomic E-state index is 0.397. The highest BCUT2D eigenvalue weighted by molar-refractivity contribution is 6.31. The van der Waals surface area contributed by atoms with Gasteiger partial charge in [-0.2, -0.15) is 0 Å². The molecule has 0 aliphatic carbocycles. The number of amidine groups is 1. The maximum absolute atomic E-state index is 6.29. The summed E-state index contributed by atoms with van der Waals surface area (Å²) < 4.78 is 0. The number of likely N-dealkylation sites (N-methyl/N-ethyl adjacent to an activating group) is 1. The number of hydrogen-bond donors (Lipinski definition) is 1. The molecule has 0 radical (unpaired) electrons. The fourth-order valence-electron chi connectivity index (χ4n) is 3.17. The first-order valence-corrected chi connectivity index (χ1v) is 8.13. The summed E-state index contributed by atoms with van der Waals surface area (Å²) in [6.07, 6.45) is 0. The minimum atomic E-state index is 0.397. The third kappa shape index (κ3) is 3.39. The molecule has 1 N–H and O–H groups in total. The van der Waals surface area contributed by atoms with Gasteiger partial charge in [0.15, 0.2) is 0 Å². The third-order valence-corrected chi connectivity index (χ3v) is 4.72. The van der Waals surface area contributed by atoms with Crippen molar-refractivity contribution >= 4 is 17.4 Å². The summed E-state index contributed by atoms with van der Waals surface area (Å²) in [7, 11) is 0. The van der Waals surface area contributed by atoms with Crippen molar-refractivity contribution in [3.8, 4) is 0 Å². The van der Waals surface area contributed by atoms with Crippen LogP contribution in [0.5, 0.6) is 0 Å². The maximum Gasteiger partial charge on any atom is 0.115 e. The molecule has 2 heterocycles. The van der Waals surface area contributed by atoms with Gasteiger partial charge >= 0.3 is 0 Å². The number of halogens is 1. The Balaban J connectivity index is 1.69. The number of nitrogens with zero attached hydrogens (tertiary/aromatic N) is 3. The first kappa shape index (κ1) is 14.8. The summed E-state index contributed by atoms with van der Waals surface area (Å²) in [6.45, 7) is 9.31. The number of aliphatic imine (C=N–C) groups is 1. The molecule has 2 aliphatic rings. The molecule has 1 aromatic rings. The van der Waals surface area contributed by atoms with E-state index in [9.17, 15) is 0 Å². The molecule has 1 unspecified atom stereocenters. The first-order chi connectivity index (χ1) is 10.3. The van der Waals surface area contributed by atoms with E-state index in [1.54, 1.807) is 0 Å². The summed E-state index contributed by atoms with van der Waals surface area (Å²) in [5.74, 6) is 1.17. The van der Waals surface area contributed by atoms with Gasteiger partial charge in [0.25, 0.3) is 0 Å². The fraction of sp³-hybridized carbons (Fsp3) is 0.562. The lowest BCUT2D eigenvalue weighted by Crippen LogP contribution is -2.57. The second-order valence-corrected chi connectivity index (χ2v) is 6.07. The predicted octanol–water partition coefficient (Wildman–Crippen LogP) is 1.85. The Hall–Kier alpha value is -1.10. The van der Waals surface area contributed by atoms with Gasteiger partial charge in [-0.05, 0) is 18.2 Å². The van der Waals surface area contributed by atoms with Gasteiger partial charge in [0, 0.05) is 37.7 Å². The van der Waals surface area contributed by atoms with Crippen molar-refractivity contribution in [3.63, 3.8) is 0 Å². The molecule has 1 fully saturated rings. The predicted molar refractivity (Wildman–Crippen MR) is 88.1 cm³/mol. The van der Waals surface area contributed by atoms with Crippen molar-refractivity contribution < 1.29 is 0 Å². The van der Waals surface area contributed by atoms with Crippen LogP contribution in [0.15, 0.2) is 29.3 Å². The van der Waals surface area contributed by atoms with Crippen molar-refractivity contribution in [2.75, 3.05) is 39.3 Å². The molecule has 0 amide bonds. The zero-order valence-corrected chi connectivity index (χ0v) is 13.3. The molecule has 2 aliphatic heterocycles. The highest BCUT2D eigenvalue weighted by Crippen LogP contribution is 2.20. The lowest BCUT2D eigenvalue weighted by atomic mass is 10.1. The molecule has 21 heavy (non-hydrogen) atoms. The van der Waals surface area contributed by atoms with Gasteiger partial charge in [-0.1, -0.05) is 36.7 Å². The highest BCUT2D eigenvalue weighted by atomic mass is 35.5. The standard InChI is InChI=1S/C16H23ClN4/c1-2-21-10-9-20(11-13-5-3-4-6-14(13)17)12-15(21)16-18-7-8-19-16/h3-6,15H,2,7-12H2,1H3,(H,18,19). The van der Waals surface area contributed by atoms with Crippen molar-refractivity contribution in [2.24, 2.45) is 4.99 Å². The van der Waals surface area contributed by atoms with Gasteiger partial charge in [-0.3, -0.25) is 14.8 Å². The minimum Gasteiger partial charge on any atom is -0.371 e. The molecule has 4 nitrogen and oxygen atoms in total. The topological polar surface area (TPSA) is 30.9 Å². The van der Waals surface area contributed by atoms with E-state index in [0.717, 1.165) is 50.8 Å². The number of hydrogen-bond acceptors (Lipinski definition) is 4. The zero-order valence-electron chi connectivity index (χ0n) is 12.6. The van der Waals surface area contributed by atoms with Gasteiger partial charge in [0.1, 0.15) is 5.84 Å². The highest BCUT2D eigenvalue weighted by Gasteiger charge is 2.30. The number of nitrogens with one attached hydrogen (secondary N) is 1. The van der Waals surface area contributed by atoms with Crippen LogP contribution in [0.1, 0.15) is 12.5 Å². The average Bonchev–Trinajstić information content (AvgIpc) is 3.04. The van der Waals surface area contributed by atoms with Crippen LogP contribution >= 0.6 is 11.6 Å². The molecule has 1 aromatic carbocycles. The second-order valence-electron chi connectivity index (χ2n) is 5.66. The van der Waals surface area contributed by atoms with Crippen molar-refractivity contribution in [1.29, 1.82) is 0 Å². The van der Waals surface area contributed by atoms with Gasteiger partial charge in [-0.25, -0.2) is 0 Å². The van der Waals surface area contributed by atoms with Gasteiger partial charge < -0.3 is 5.32 Å². The molecule has 0 bridgehead atoms. The van der Waals surface area contributed by atoms with Gasteiger partial charge in [0.2, 0.25) is 0 Å². The van der Waals surface area contributed by atoms with Crippen molar-refractivity contribution in [1.82, 2.24) is 15.1 Å². The molecular formula is C16H23ClN4. The Morgan fingerprint density at radius 1 is 1.33 bits per heavy atom. The lowest BCUT2D eigenvalue weighted by Gasteiger charge is -2.41. The summed E-state index contributed by atoms with van der Waals surface area (Å²) in [4.78, 5) is 9.63. The van der Waals surface area contributed by atoms with Gasteiger partial charge in [0.05, 0.1) is 12.6 Å². The van der Waals surface area contributed by atoms with E-state index in [4.69, 9.17) is 11.6 Å². The fourth-order valence-corrected chi connectivity index (χ4v) is 3.36. The molecule has 0 saturated carbocycles. The van der Waals surface area contributed by atoms with Crippen LogP contribution in [-0.4, -0.2) is 60.9 Å². The molecule has 0 spiro atoms. The third-order valence-electron chi connectivity index (χ3n) is 4.35. The Morgan fingerprint density at radius 2 is 2.19 bits per heavy atom. The molecule has 1 saturated heterocycles. The Bertz CT molecular complexity index is 517. The molecule has 3 rings (SSSR count). The molecule has 5 heteroatoms. The van der Waals surface area contributed by atoms with E-state index in [2.05, 4.69) is 39.2 Å². The van der Waals surface area contributed by atoms with E-state index in [-0.39, 0.29) is 0 Å². The Kier molecular flexibility index (Phi) is 4.78. The first-order valence-electron chi connectivity index (χ1n) is 7.76. The van der Waals surface area contributed by atoms with Crippen LogP contribution in [0.25, 0.3) is 0 Å². The summed E-state index contributed by atoms with van der Waals surface area (Å²) in [5.41, 5.74) is 1.21. The van der Waals surface area contributed by atoms with Crippen molar-refractivity contribution in [3.05, 3.63) is 34.9 Å². The SMILES string of the molecule is CCN1CCN(Cc2ccccc2Cl)CC1C1=NCCN1. The lowest BCUT2D eigenvalue weighted by molar-refractivity contribution is 0.104. The number of benzene rings is 1. The number of rotatable bonds is 4. The molecular weight excluding hydrogens is 284 g/mol. The van der Waals surface area contributed by atoms with Crippen molar-refractivity contribution in [2.45, 2.75) is 19.5 Å². The van der Waals surface area contributed by atoms with Crippen LogP contribution in [0.3, 0.4) is 0 Å². The average molecular weight is 307 g/mol. The summed E-state index contributed by atoms with van der Waals surface area (Å²) >= 11 is 6.29. The smallest absolute Gasteiger partial charge is 0.115 e. The van der Waals surface area contributed by atoms with E-state index < -0.39 is 0 Å². The van der Waals surface area contributed by atoms with E-state index in [1.165, 1.54) is 11.4 Å². The maximum atomic E-state index is 6.29. The molecule has 1 atom stereocenters. The Morgan fingerprint density at radius 3 is 2.90 bits per heavy atom. The van der Waals surface area contributed by atoms with Gasteiger partial charge in [-0.15, -0.1) is 0 Å². The van der Waals surface area contributed by atoms with E-state index >= 15 is 0 Å². The largest absolute Gasteiger partial charge is 0.371 e. The zero-order chi connectivity index (χ0) is 14.7. The summed E-state index contributed by atoms with van der Waals surface area (Å²) in [5, 5.41) is 4.31. The van der Waals surface area contributed by atoms with Crippen LogP contribution in [0.4, 0.5) is 0 Å². The molecule has 114 valence electrons. The van der Waals surface area contributed by atoms with Crippen LogP contribution in [0.2, 0.25) is 5.02 Å². The molecule has 0 aromatic heterocycles. The normalized spacial score (nSPS) is 23.9. The summed E-state index contributed by atoms with van der Waals surface area (Å²) in [6, 6.07) is 8.53. The number of piperazine rings is 1. The van der Waals surface area contributed by atoms with E-state index in [0.29, 0.717) is 6.04 Å². The van der Waals surface area contributed by atoms with Crippen LogP contribution in [-0.2, 0) is 6.54 Å². The van der Waals surface area contributed by atoms with Crippen LogP contribution in [0, 0.1) is 0 Å². The monoisotopic (exact) mass is 306 g/mol. The van der Waals surface area contributed by atoms with E-state index in [1.807, 2.05) is 12.1 Å². The Labute approximate surface area is 131 Å².